The summed E-state index contributed by atoms with van der Waals surface area (Å²) >= 11 is 0. The highest BCUT2D eigenvalue weighted by atomic mass is 32.2. The number of rotatable bonds is 5. The van der Waals surface area contributed by atoms with Crippen LogP contribution in [0.25, 0.3) is 0 Å². The van der Waals surface area contributed by atoms with Gasteiger partial charge < -0.3 is 5.73 Å². The molecule has 0 amide bonds. The van der Waals surface area contributed by atoms with E-state index >= 15 is 0 Å². The summed E-state index contributed by atoms with van der Waals surface area (Å²) in [6.07, 6.45) is 7.18. The number of nitrogens with one attached hydrogen (secondary N) is 1. The van der Waals surface area contributed by atoms with Crippen molar-refractivity contribution < 1.29 is 8.42 Å². The summed E-state index contributed by atoms with van der Waals surface area (Å²) < 4.78 is 26.9. The smallest absolute Gasteiger partial charge is 0.242 e. The Morgan fingerprint density at radius 2 is 1.90 bits per heavy atom. The largest absolute Gasteiger partial charge is 0.384 e. The standard InChI is InChI=1S/C14H23N3O2S/c1-2-11-3-5-12(6-4-11)9-17-20(18,19)13-7-8-14(15)16-10-13/h7-8,10-12,17H,2-6,9H2,1H3,(H2,15,16). The number of hydrogen-bond donors (Lipinski definition) is 2. The molecule has 0 spiro atoms. The van der Waals surface area contributed by atoms with Crippen molar-refractivity contribution in [2.75, 3.05) is 12.3 Å². The van der Waals surface area contributed by atoms with Crippen LogP contribution in [0, 0.1) is 11.8 Å². The van der Waals surface area contributed by atoms with Crippen molar-refractivity contribution >= 4 is 15.8 Å². The van der Waals surface area contributed by atoms with Crippen molar-refractivity contribution in [3.8, 4) is 0 Å². The molecule has 1 aromatic heterocycles. The topological polar surface area (TPSA) is 85.1 Å². The SMILES string of the molecule is CCC1CCC(CNS(=O)(=O)c2ccc(N)nc2)CC1. The van der Waals surface area contributed by atoms with Crippen molar-refractivity contribution in [1.29, 1.82) is 0 Å². The van der Waals surface area contributed by atoms with E-state index in [1.54, 1.807) is 0 Å². The lowest BCUT2D eigenvalue weighted by atomic mass is 9.81. The maximum Gasteiger partial charge on any atom is 0.242 e. The average molecular weight is 297 g/mol. The highest BCUT2D eigenvalue weighted by molar-refractivity contribution is 7.89. The third-order valence-electron chi connectivity index (χ3n) is 4.18. The summed E-state index contributed by atoms with van der Waals surface area (Å²) in [5.41, 5.74) is 5.46. The van der Waals surface area contributed by atoms with Gasteiger partial charge in [-0.25, -0.2) is 18.1 Å². The van der Waals surface area contributed by atoms with Gasteiger partial charge in [-0.1, -0.05) is 26.2 Å². The summed E-state index contributed by atoms with van der Waals surface area (Å²) in [5.74, 6) is 1.60. The number of anilines is 1. The molecular weight excluding hydrogens is 274 g/mol. The Morgan fingerprint density at radius 3 is 2.45 bits per heavy atom. The van der Waals surface area contributed by atoms with Crippen LogP contribution in [-0.2, 0) is 10.0 Å². The highest BCUT2D eigenvalue weighted by Gasteiger charge is 2.22. The molecule has 1 aromatic rings. The number of aromatic nitrogens is 1. The summed E-state index contributed by atoms with van der Waals surface area (Å²) in [7, 11) is -3.46. The van der Waals surface area contributed by atoms with E-state index in [9.17, 15) is 8.42 Å². The molecule has 0 atom stereocenters. The van der Waals surface area contributed by atoms with Crippen LogP contribution >= 0.6 is 0 Å². The van der Waals surface area contributed by atoms with E-state index in [2.05, 4.69) is 16.6 Å². The van der Waals surface area contributed by atoms with Crippen LogP contribution in [-0.4, -0.2) is 19.9 Å². The first kappa shape index (κ1) is 15.3. The summed E-state index contributed by atoms with van der Waals surface area (Å²) in [5, 5.41) is 0. The molecule has 1 fully saturated rings. The molecule has 5 nitrogen and oxygen atoms in total. The van der Waals surface area contributed by atoms with Crippen molar-refractivity contribution in [3.63, 3.8) is 0 Å². The summed E-state index contributed by atoms with van der Waals surface area (Å²) in [4.78, 5) is 3.99. The van der Waals surface area contributed by atoms with Gasteiger partial charge >= 0.3 is 0 Å². The lowest BCUT2D eigenvalue weighted by Gasteiger charge is -2.27. The van der Waals surface area contributed by atoms with Crippen molar-refractivity contribution in [3.05, 3.63) is 18.3 Å². The summed E-state index contributed by atoms with van der Waals surface area (Å²) in [6.45, 7) is 2.74. The molecule has 0 bridgehead atoms. The normalized spacial score (nSPS) is 23.6. The van der Waals surface area contributed by atoms with E-state index in [0.717, 1.165) is 18.8 Å². The van der Waals surface area contributed by atoms with Crippen LogP contribution in [0.5, 0.6) is 0 Å². The van der Waals surface area contributed by atoms with Crippen LogP contribution in [0.4, 0.5) is 5.82 Å². The molecule has 20 heavy (non-hydrogen) atoms. The molecule has 1 aliphatic rings. The van der Waals surface area contributed by atoms with E-state index in [0.29, 0.717) is 18.3 Å². The lowest BCUT2D eigenvalue weighted by Crippen LogP contribution is -2.31. The van der Waals surface area contributed by atoms with Gasteiger partial charge in [0, 0.05) is 12.7 Å². The number of nitrogens with zero attached hydrogens (tertiary/aromatic N) is 1. The maximum absolute atomic E-state index is 12.1. The zero-order valence-electron chi connectivity index (χ0n) is 11.9. The van der Waals surface area contributed by atoms with Gasteiger partial charge in [-0.3, -0.25) is 0 Å². The third-order valence-corrected chi connectivity index (χ3v) is 5.58. The second kappa shape index (κ2) is 6.54. The molecule has 3 N–H and O–H groups in total. The maximum atomic E-state index is 12.1. The second-order valence-electron chi connectivity index (χ2n) is 5.57. The molecule has 112 valence electrons. The number of hydrogen-bond acceptors (Lipinski definition) is 4. The predicted octanol–water partition coefficient (Wildman–Crippen LogP) is 2.16. The molecule has 0 saturated heterocycles. The molecule has 0 aliphatic heterocycles. The molecule has 0 aromatic carbocycles. The quantitative estimate of drug-likeness (QED) is 0.872. The van der Waals surface area contributed by atoms with Crippen LogP contribution in [0.2, 0.25) is 0 Å². The van der Waals surface area contributed by atoms with Gasteiger partial charge in [-0.2, -0.15) is 0 Å². The zero-order valence-corrected chi connectivity index (χ0v) is 12.7. The van der Waals surface area contributed by atoms with Gasteiger partial charge in [0.25, 0.3) is 0 Å². The first-order valence-corrected chi connectivity index (χ1v) is 8.70. The minimum Gasteiger partial charge on any atom is -0.384 e. The zero-order chi connectivity index (χ0) is 14.6. The molecule has 6 heteroatoms. The van der Waals surface area contributed by atoms with Crippen molar-refractivity contribution in [2.45, 2.75) is 43.9 Å². The van der Waals surface area contributed by atoms with Crippen molar-refractivity contribution in [1.82, 2.24) is 9.71 Å². The Bertz CT molecular complexity index is 520. The van der Waals surface area contributed by atoms with Crippen LogP contribution < -0.4 is 10.5 Å². The first-order chi connectivity index (χ1) is 9.51. The van der Waals surface area contributed by atoms with Gasteiger partial charge in [0.15, 0.2) is 0 Å². The first-order valence-electron chi connectivity index (χ1n) is 7.22. The monoisotopic (exact) mass is 297 g/mol. The summed E-state index contributed by atoms with van der Waals surface area (Å²) in [6, 6.07) is 2.99. The Kier molecular flexibility index (Phi) is 4.99. The number of nitrogen functional groups attached to an aromatic ring is 1. The minimum absolute atomic E-state index is 0.175. The predicted molar refractivity (Wildman–Crippen MR) is 79.6 cm³/mol. The van der Waals surface area contributed by atoms with E-state index < -0.39 is 10.0 Å². The molecule has 1 aliphatic carbocycles. The number of sulfonamides is 1. The van der Waals surface area contributed by atoms with Crippen LogP contribution in [0.1, 0.15) is 39.0 Å². The van der Waals surface area contributed by atoms with Crippen LogP contribution in [0.15, 0.2) is 23.2 Å². The van der Waals surface area contributed by atoms with Crippen molar-refractivity contribution in [2.24, 2.45) is 11.8 Å². The van der Waals surface area contributed by atoms with E-state index in [-0.39, 0.29) is 4.90 Å². The number of pyridine rings is 1. The van der Waals surface area contributed by atoms with E-state index in [4.69, 9.17) is 5.73 Å². The van der Waals surface area contributed by atoms with Gasteiger partial charge in [0.2, 0.25) is 10.0 Å². The van der Waals surface area contributed by atoms with Gasteiger partial charge in [0.05, 0.1) is 0 Å². The molecule has 1 heterocycles. The highest BCUT2D eigenvalue weighted by Crippen LogP contribution is 2.30. The lowest BCUT2D eigenvalue weighted by molar-refractivity contribution is 0.270. The van der Waals surface area contributed by atoms with E-state index in [1.807, 2.05) is 0 Å². The Balaban J connectivity index is 1.88. The Morgan fingerprint density at radius 1 is 1.25 bits per heavy atom. The molecule has 1 saturated carbocycles. The fourth-order valence-corrected chi connectivity index (χ4v) is 3.77. The van der Waals surface area contributed by atoms with Crippen LogP contribution in [0.3, 0.4) is 0 Å². The Hall–Kier alpha value is -1.14. The average Bonchev–Trinajstić information content (AvgIpc) is 2.46. The molecular formula is C14H23N3O2S. The molecule has 0 unspecified atom stereocenters. The minimum atomic E-state index is -3.46. The second-order valence-corrected chi connectivity index (χ2v) is 7.33. The fraction of sp³-hybridized carbons (Fsp3) is 0.643. The van der Waals surface area contributed by atoms with Gasteiger partial charge in [-0.05, 0) is 36.8 Å². The fourth-order valence-electron chi connectivity index (χ4n) is 2.71. The number of nitrogens with two attached hydrogens (primary N) is 1. The Labute approximate surface area is 121 Å². The molecule has 0 radical (unpaired) electrons. The van der Waals surface area contributed by atoms with Gasteiger partial charge in [0.1, 0.15) is 10.7 Å². The third kappa shape index (κ3) is 3.93. The van der Waals surface area contributed by atoms with E-state index in [1.165, 1.54) is 37.6 Å². The molecule has 2 rings (SSSR count). The van der Waals surface area contributed by atoms with Gasteiger partial charge in [-0.15, -0.1) is 0 Å².